The van der Waals surface area contributed by atoms with Crippen molar-refractivity contribution in [3.8, 4) is 5.75 Å². The Balaban J connectivity index is 1.79. The van der Waals surface area contributed by atoms with Gasteiger partial charge in [0, 0.05) is 19.0 Å². The summed E-state index contributed by atoms with van der Waals surface area (Å²) in [5, 5.41) is 8.80. The molecular formula is C13H16N2O2. The monoisotopic (exact) mass is 232 g/mol. The molecule has 90 valence electrons. The van der Waals surface area contributed by atoms with E-state index >= 15 is 0 Å². The van der Waals surface area contributed by atoms with Gasteiger partial charge in [0.1, 0.15) is 12.4 Å². The van der Waals surface area contributed by atoms with Gasteiger partial charge in [0.05, 0.1) is 12.9 Å². The van der Waals surface area contributed by atoms with E-state index in [4.69, 9.17) is 9.84 Å². The van der Waals surface area contributed by atoms with Crippen molar-refractivity contribution in [2.75, 3.05) is 13.2 Å². The van der Waals surface area contributed by atoms with Crippen LogP contribution in [0.1, 0.15) is 5.56 Å². The Bertz CT molecular complexity index is 423. The number of benzene rings is 1. The van der Waals surface area contributed by atoms with Gasteiger partial charge in [-0.05, 0) is 24.1 Å². The molecule has 2 aromatic rings. The minimum Gasteiger partial charge on any atom is -0.492 e. The van der Waals surface area contributed by atoms with Crippen molar-refractivity contribution in [2.24, 2.45) is 0 Å². The van der Waals surface area contributed by atoms with Crippen LogP contribution in [0.5, 0.6) is 5.75 Å². The number of aliphatic hydroxyl groups excluding tert-OH is 1. The van der Waals surface area contributed by atoms with E-state index in [0.29, 0.717) is 13.0 Å². The normalized spacial score (nSPS) is 10.4. The third-order valence-electron chi connectivity index (χ3n) is 2.50. The zero-order valence-corrected chi connectivity index (χ0v) is 9.62. The summed E-state index contributed by atoms with van der Waals surface area (Å²) in [6.07, 6.45) is 6.13. The number of hydrogen-bond donors (Lipinski definition) is 1. The van der Waals surface area contributed by atoms with Gasteiger partial charge in [0.2, 0.25) is 0 Å². The van der Waals surface area contributed by atoms with E-state index in [2.05, 4.69) is 4.98 Å². The minimum absolute atomic E-state index is 0.181. The minimum atomic E-state index is 0.181. The Morgan fingerprint density at radius 1 is 1.24 bits per heavy atom. The van der Waals surface area contributed by atoms with Crippen molar-refractivity contribution in [3.63, 3.8) is 0 Å². The van der Waals surface area contributed by atoms with E-state index < -0.39 is 0 Å². The Kier molecular flexibility index (Phi) is 4.16. The largest absolute Gasteiger partial charge is 0.492 e. The number of nitrogens with zero attached hydrogens (tertiary/aromatic N) is 2. The second kappa shape index (κ2) is 6.06. The number of imidazole rings is 1. The standard InChI is InChI=1S/C13H16N2O2/c16-9-5-12-1-3-13(4-2-12)17-10-8-15-7-6-14-11-15/h1-4,6-7,11,16H,5,8-10H2. The van der Waals surface area contributed by atoms with Gasteiger partial charge in [-0.1, -0.05) is 12.1 Å². The Morgan fingerprint density at radius 3 is 2.71 bits per heavy atom. The zero-order valence-electron chi connectivity index (χ0n) is 9.62. The maximum Gasteiger partial charge on any atom is 0.119 e. The fourth-order valence-corrected chi connectivity index (χ4v) is 1.57. The summed E-state index contributed by atoms with van der Waals surface area (Å²) in [5.74, 6) is 0.854. The number of rotatable bonds is 6. The summed E-state index contributed by atoms with van der Waals surface area (Å²) < 4.78 is 7.57. The molecule has 0 amide bonds. The molecule has 0 spiro atoms. The van der Waals surface area contributed by atoms with Crippen LogP contribution in [-0.4, -0.2) is 27.9 Å². The summed E-state index contributed by atoms with van der Waals surface area (Å²) >= 11 is 0. The summed E-state index contributed by atoms with van der Waals surface area (Å²) in [4.78, 5) is 3.96. The highest BCUT2D eigenvalue weighted by atomic mass is 16.5. The van der Waals surface area contributed by atoms with Gasteiger partial charge in [-0.3, -0.25) is 0 Å². The number of ether oxygens (including phenoxy) is 1. The molecule has 0 aliphatic carbocycles. The molecule has 4 nitrogen and oxygen atoms in total. The van der Waals surface area contributed by atoms with E-state index in [1.165, 1.54) is 0 Å². The number of hydrogen-bond acceptors (Lipinski definition) is 3. The first kappa shape index (κ1) is 11.7. The predicted octanol–water partition coefficient (Wildman–Crippen LogP) is 1.50. The van der Waals surface area contributed by atoms with Gasteiger partial charge >= 0.3 is 0 Å². The second-order valence-electron chi connectivity index (χ2n) is 3.77. The highest BCUT2D eigenvalue weighted by Gasteiger charge is 1.96. The van der Waals surface area contributed by atoms with Crippen LogP contribution >= 0.6 is 0 Å². The maximum atomic E-state index is 8.80. The second-order valence-corrected chi connectivity index (χ2v) is 3.77. The quantitative estimate of drug-likeness (QED) is 0.821. The molecule has 0 unspecified atom stereocenters. The van der Waals surface area contributed by atoms with Crippen molar-refractivity contribution in [1.29, 1.82) is 0 Å². The summed E-state index contributed by atoms with van der Waals surface area (Å²) in [6.45, 7) is 1.59. The van der Waals surface area contributed by atoms with Crippen LogP contribution in [0.15, 0.2) is 43.0 Å². The van der Waals surface area contributed by atoms with Crippen molar-refractivity contribution in [1.82, 2.24) is 9.55 Å². The first-order chi connectivity index (χ1) is 8.38. The van der Waals surface area contributed by atoms with Crippen LogP contribution in [0.25, 0.3) is 0 Å². The molecule has 0 aliphatic rings. The maximum absolute atomic E-state index is 8.80. The Hall–Kier alpha value is -1.81. The van der Waals surface area contributed by atoms with E-state index in [0.717, 1.165) is 17.9 Å². The molecular weight excluding hydrogens is 216 g/mol. The fraction of sp³-hybridized carbons (Fsp3) is 0.308. The topological polar surface area (TPSA) is 47.3 Å². The van der Waals surface area contributed by atoms with E-state index in [9.17, 15) is 0 Å². The third kappa shape index (κ3) is 3.60. The van der Waals surface area contributed by atoms with Gasteiger partial charge in [-0.25, -0.2) is 4.98 Å². The smallest absolute Gasteiger partial charge is 0.119 e. The third-order valence-corrected chi connectivity index (χ3v) is 2.50. The van der Waals surface area contributed by atoms with E-state index in [-0.39, 0.29) is 6.61 Å². The fourth-order valence-electron chi connectivity index (χ4n) is 1.57. The van der Waals surface area contributed by atoms with Gasteiger partial charge in [-0.15, -0.1) is 0 Å². The first-order valence-corrected chi connectivity index (χ1v) is 5.67. The van der Waals surface area contributed by atoms with Gasteiger partial charge < -0.3 is 14.4 Å². The number of aromatic nitrogens is 2. The van der Waals surface area contributed by atoms with Gasteiger partial charge in [0.15, 0.2) is 0 Å². The molecule has 0 aliphatic heterocycles. The van der Waals surface area contributed by atoms with Crippen LogP contribution in [0.2, 0.25) is 0 Å². The molecule has 0 saturated carbocycles. The molecule has 1 aromatic carbocycles. The lowest BCUT2D eigenvalue weighted by Gasteiger charge is -2.07. The molecule has 0 bridgehead atoms. The molecule has 1 heterocycles. The summed E-state index contributed by atoms with van der Waals surface area (Å²) in [7, 11) is 0. The summed E-state index contributed by atoms with van der Waals surface area (Å²) in [5.41, 5.74) is 1.12. The van der Waals surface area contributed by atoms with Crippen molar-refractivity contribution >= 4 is 0 Å². The predicted molar refractivity (Wildman–Crippen MR) is 65.0 cm³/mol. The lowest BCUT2D eigenvalue weighted by Crippen LogP contribution is -2.06. The molecule has 17 heavy (non-hydrogen) atoms. The lowest BCUT2D eigenvalue weighted by molar-refractivity contribution is 0.296. The molecule has 0 radical (unpaired) electrons. The average Bonchev–Trinajstić information content (AvgIpc) is 2.85. The summed E-state index contributed by atoms with van der Waals surface area (Å²) in [6, 6.07) is 7.81. The van der Waals surface area contributed by atoms with E-state index in [1.807, 2.05) is 35.0 Å². The van der Waals surface area contributed by atoms with Crippen molar-refractivity contribution in [2.45, 2.75) is 13.0 Å². The number of aliphatic hydroxyl groups is 1. The zero-order chi connectivity index (χ0) is 11.9. The van der Waals surface area contributed by atoms with Crippen LogP contribution < -0.4 is 4.74 Å². The van der Waals surface area contributed by atoms with Crippen molar-refractivity contribution in [3.05, 3.63) is 48.5 Å². The van der Waals surface area contributed by atoms with Crippen LogP contribution in [-0.2, 0) is 13.0 Å². The molecule has 4 heteroatoms. The lowest BCUT2D eigenvalue weighted by atomic mass is 10.1. The van der Waals surface area contributed by atoms with Crippen LogP contribution in [0, 0.1) is 0 Å². The molecule has 0 saturated heterocycles. The highest BCUT2D eigenvalue weighted by molar-refractivity contribution is 5.27. The highest BCUT2D eigenvalue weighted by Crippen LogP contribution is 2.12. The molecule has 1 N–H and O–H groups in total. The van der Waals surface area contributed by atoms with Crippen LogP contribution in [0.4, 0.5) is 0 Å². The molecule has 0 atom stereocenters. The Labute approximate surface area is 100 Å². The van der Waals surface area contributed by atoms with Gasteiger partial charge in [-0.2, -0.15) is 0 Å². The van der Waals surface area contributed by atoms with Crippen molar-refractivity contribution < 1.29 is 9.84 Å². The average molecular weight is 232 g/mol. The van der Waals surface area contributed by atoms with Gasteiger partial charge in [0.25, 0.3) is 0 Å². The van der Waals surface area contributed by atoms with Crippen LogP contribution in [0.3, 0.4) is 0 Å². The Morgan fingerprint density at radius 2 is 2.06 bits per heavy atom. The molecule has 2 rings (SSSR count). The van der Waals surface area contributed by atoms with E-state index in [1.54, 1.807) is 12.5 Å². The first-order valence-electron chi connectivity index (χ1n) is 5.67. The SMILES string of the molecule is OCCc1ccc(OCCn2ccnc2)cc1. The molecule has 1 aromatic heterocycles. The molecule has 0 fully saturated rings.